The molecule has 1 atom stereocenters. The molecule has 1 fully saturated rings. The lowest BCUT2D eigenvalue weighted by Crippen LogP contribution is -2.46. The number of hydrogen-bond acceptors (Lipinski definition) is 3. The van der Waals surface area contributed by atoms with Crippen molar-refractivity contribution in [2.24, 2.45) is 5.92 Å². The molecule has 21 heavy (non-hydrogen) atoms. The van der Waals surface area contributed by atoms with E-state index in [1.165, 1.54) is 0 Å². The van der Waals surface area contributed by atoms with E-state index in [1.54, 1.807) is 0 Å². The lowest BCUT2D eigenvalue weighted by molar-refractivity contribution is -0.119. The highest BCUT2D eigenvalue weighted by Crippen LogP contribution is 2.27. The van der Waals surface area contributed by atoms with Crippen LogP contribution in [-0.2, 0) is 4.79 Å². The topological polar surface area (TPSA) is 35.6 Å². The quantitative estimate of drug-likeness (QED) is 0.905. The monoisotopic (exact) mass is 289 g/mol. The van der Waals surface area contributed by atoms with Gasteiger partial charge in [0.1, 0.15) is 0 Å². The fourth-order valence-corrected chi connectivity index (χ4v) is 2.60. The number of carbonyl (C=O) groups is 1. The van der Waals surface area contributed by atoms with Gasteiger partial charge in [0.15, 0.2) is 0 Å². The lowest BCUT2D eigenvalue weighted by atomic mass is 10.1. The summed E-state index contributed by atoms with van der Waals surface area (Å²) in [5.41, 5.74) is 2.08. The summed E-state index contributed by atoms with van der Waals surface area (Å²) in [6.07, 6.45) is 0.864. The molecule has 0 spiro atoms. The van der Waals surface area contributed by atoms with Crippen LogP contribution in [0.1, 0.15) is 27.2 Å². The molecule has 1 heterocycles. The molecular formula is C17H27N3O. The van der Waals surface area contributed by atoms with Gasteiger partial charge in [0.2, 0.25) is 5.91 Å². The van der Waals surface area contributed by atoms with E-state index in [4.69, 9.17) is 0 Å². The van der Waals surface area contributed by atoms with E-state index in [2.05, 4.69) is 28.1 Å². The largest absolute Gasteiger partial charge is 0.367 e. The molecule has 0 saturated carbocycles. The van der Waals surface area contributed by atoms with Gasteiger partial charge in [-0.1, -0.05) is 32.9 Å². The van der Waals surface area contributed by atoms with Crippen LogP contribution >= 0.6 is 0 Å². The number of rotatable bonds is 5. The first-order valence-electron chi connectivity index (χ1n) is 8.02. The average molecular weight is 289 g/mol. The van der Waals surface area contributed by atoms with E-state index < -0.39 is 0 Å². The maximum absolute atomic E-state index is 12.1. The fourth-order valence-electron chi connectivity index (χ4n) is 2.60. The van der Waals surface area contributed by atoms with E-state index >= 15 is 0 Å². The van der Waals surface area contributed by atoms with Crippen molar-refractivity contribution in [3.05, 3.63) is 24.3 Å². The van der Waals surface area contributed by atoms with Crippen molar-refractivity contribution in [3.8, 4) is 0 Å². The standard InChI is InChI=1S/C17H27N3O/c1-4-14(3)17(21)18-15-8-6-7-9-16(15)20-12-10-19(5-2)11-13-20/h6-9,14H,4-5,10-13H2,1-3H3,(H,18,21). The van der Waals surface area contributed by atoms with Gasteiger partial charge < -0.3 is 15.1 Å². The molecule has 116 valence electrons. The second-order valence-corrected chi connectivity index (χ2v) is 5.74. The van der Waals surface area contributed by atoms with Gasteiger partial charge in [-0.15, -0.1) is 0 Å². The molecule has 1 aliphatic rings. The number of carbonyl (C=O) groups excluding carboxylic acids is 1. The smallest absolute Gasteiger partial charge is 0.227 e. The Morgan fingerprint density at radius 2 is 1.86 bits per heavy atom. The van der Waals surface area contributed by atoms with Gasteiger partial charge in [0.25, 0.3) is 0 Å². The summed E-state index contributed by atoms with van der Waals surface area (Å²) in [7, 11) is 0. The maximum atomic E-state index is 12.1. The molecule has 0 aliphatic carbocycles. The van der Waals surface area contributed by atoms with Gasteiger partial charge in [-0.05, 0) is 25.1 Å². The van der Waals surface area contributed by atoms with Crippen LogP contribution in [0.2, 0.25) is 0 Å². The fraction of sp³-hybridized carbons (Fsp3) is 0.588. The minimum Gasteiger partial charge on any atom is -0.367 e. The molecule has 4 heteroatoms. The van der Waals surface area contributed by atoms with Crippen molar-refractivity contribution in [2.45, 2.75) is 27.2 Å². The first-order valence-corrected chi connectivity index (χ1v) is 8.02. The molecule has 1 aliphatic heterocycles. The predicted molar refractivity (Wildman–Crippen MR) is 88.9 cm³/mol. The van der Waals surface area contributed by atoms with E-state index in [0.717, 1.165) is 50.5 Å². The number of para-hydroxylation sites is 2. The van der Waals surface area contributed by atoms with Crippen LogP contribution in [0.5, 0.6) is 0 Å². The summed E-state index contributed by atoms with van der Waals surface area (Å²) >= 11 is 0. The molecule has 0 radical (unpaired) electrons. The van der Waals surface area contributed by atoms with Crippen molar-refractivity contribution >= 4 is 17.3 Å². The summed E-state index contributed by atoms with van der Waals surface area (Å²) in [6.45, 7) is 11.5. The average Bonchev–Trinajstić information content (AvgIpc) is 2.54. The van der Waals surface area contributed by atoms with Crippen molar-refractivity contribution in [3.63, 3.8) is 0 Å². The highest BCUT2D eigenvalue weighted by Gasteiger charge is 2.19. The summed E-state index contributed by atoms with van der Waals surface area (Å²) in [4.78, 5) is 17.0. The number of piperazine rings is 1. The van der Waals surface area contributed by atoms with Gasteiger partial charge >= 0.3 is 0 Å². The molecule has 1 N–H and O–H groups in total. The van der Waals surface area contributed by atoms with E-state index in [0.29, 0.717) is 0 Å². The van der Waals surface area contributed by atoms with Crippen molar-refractivity contribution in [2.75, 3.05) is 42.9 Å². The molecule has 1 aromatic rings. The van der Waals surface area contributed by atoms with Crippen LogP contribution < -0.4 is 10.2 Å². The number of benzene rings is 1. The highest BCUT2D eigenvalue weighted by molar-refractivity contribution is 5.95. The van der Waals surface area contributed by atoms with Crippen LogP contribution in [0.3, 0.4) is 0 Å². The number of likely N-dealkylation sites (N-methyl/N-ethyl adjacent to an activating group) is 1. The molecule has 0 bridgehead atoms. The lowest BCUT2D eigenvalue weighted by Gasteiger charge is -2.36. The number of hydrogen-bond donors (Lipinski definition) is 1. The Bertz CT molecular complexity index is 467. The van der Waals surface area contributed by atoms with Gasteiger partial charge in [-0.25, -0.2) is 0 Å². The third-order valence-electron chi connectivity index (χ3n) is 4.38. The Morgan fingerprint density at radius 3 is 2.48 bits per heavy atom. The first kappa shape index (κ1) is 15.8. The van der Waals surface area contributed by atoms with E-state index in [-0.39, 0.29) is 11.8 Å². The van der Waals surface area contributed by atoms with Crippen molar-refractivity contribution in [1.82, 2.24) is 4.90 Å². The van der Waals surface area contributed by atoms with Crippen LogP contribution in [0.15, 0.2) is 24.3 Å². The number of amides is 1. The number of anilines is 2. The van der Waals surface area contributed by atoms with E-state index in [1.807, 2.05) is 32.0 Å². The minimum absolute atomic E-state index is 0.0509. The number of nitrogens with zero attached hydrogens (tertiary/aromatic N) is 2. The zero-order valence-corrected chi connectivity index (χ0v) is 13.4. The second kappa shape index (κ2) is 7.46. The van der Waals surface area contributed by atoms with Gasteiger partial charge in [0, 0.05) is 32.1 Å². The molecule has 1 amide bonds. The Hall–Kier alpha value is -1.55. The third-order valence-corrected chi connectivity index (χ3v) is 4.38. The Labute approximate surface area is 128 Å². The summed E-state index contributed by atoms with van der Waals surface area (Å²) < 4.78 is 0. The minimum atomic E-state index is 0.0509. The molecule has 1 saturated heterocycles. The first-order chi connectivity index (χ1) is 10.2. The molecule has 0 aromatic heterocycles. The third kappa shape index (κ3) is 3.97. The molecule has 2 rings (SSSR count). The Morgan fingerprint density at radius 1 is 1.19 bits per heavy atom. The zero-order chi connectivity index (χ0) is 15.2. The Balaban J connectivity index is 2.08. The number of nitrogens with one attached hydrogen (secondary N) is 1. The summed E-state index contributed by atoms with van der Waals surface area (Å²) in [6, 6.07) is 8.13. The summed E-state index contributed by atoms with van der Waals surface area (Å²) in [5, 5.41) is 3.09. The highest BCUT2D eigenvalue weighted by atomic mass is 16.1. The SMILES string of the molecule is CCC(C)C(=O)Nc1ccccc1N1CCN(CC)CC1. The Kier molecular flexibility index (Phi) is 5.62. The molecule has 4 nitrogen and oxygen atoms in total. The van der Waals surface area contributed by atoms with Gasteiger partial charge in [-0.2, -0.15) is 0 Å². The molecule has 1 aromatic carbocycles. The van der Waals surface area contributed by atoms with Crippen molar-refractivity contribution in [1.29, 1.82) is 0 Å². The zero-order valence-electron chi connectivity index (χ0n) is 13.4. The maximum Gasteiger partial charge on any atom is 0.227 e. The molecular weight excluding hydrogens is 262 g/mol. The normalized spacial score (nSPS) is 17.6. The summed E-state index contributed by atoms with van der Waals surface area (Å²) in [5.74, 6) is 0.159. The van der Waals surface area contributed by atoms with Crippen LogP contribution in [0, 0.1) is 5.92 Å². The second-order valence-electron chi connectivity index (χ2n) is 5.74. The van der Waals surface area contributed by atoms with Crippen LogP contribution in [0.25, 0.3) is 0 Å². The van der Waals surface area contributed by atoms with E-state index in [9.17, 15) is 4.79 Å². The van der Waals surface area contributed by atoms with Crippen LogP contribution in [0.4, 0.5) is 11.4 Å². The van der Waals surface area contributed by atoms with Gasteiger partial charge in [-0.3, -0.25) is 4.79 Å². The van der Waals surface area contributed by atoms with Crippen LogP contribution in [-0.4, -0.2) is 43.5 Å². The predicted octanol–water partition coefficient (Wildman–Crippen LogP) is 2.81. The van der Waals surface area contributed by atoms with Crippen molar-refractivity contribution < 1.29 is 4.79 Å². The van der Waals surface area contributed by atoms with Gasteiger partial charge in [0.05, 0.1) is 11.4 Å². The molecule has 1 unspecified atom stereocenters.